The summed E-state index contributed by atoms with van der Waals surface area (Å²) in [6, 6.07) is 2.85. The van der Waals surface area contributed by atoms with Gasteiger partial charge in [0.25, 0.3) is 0 Å². The van der Waals surface area contributed by atoms with Gasteiger partial charge >= 0.3 is 11.9 Å². The standard InChI is InChI=1S/C17H17Cl3O4/c1-3-6-12(4-2)23-15(21)7-5-8-16(22)24-14-10-11(18)9-13(19)17(14)20/h9-10,12H,4-5,7-8H2,1-2H3. The van der Waals surface area contributed by atoms with Gasteiger partial charge in [-0.1, -0.05) is 47.6 Å². The summed E-state index contributed by atoms with van der Waals surface area (Å²) in [5, 5.41) is 0.606. The molecular formula is C17H17Cl3O4. The van der Waals surface area contributed by atoms with Crippen LogP contribution < -0.4 is 4.74 Å². The Kier molecular flexibility index (Phi) is 8.99. The summed E-state index contributed by atoms with van der Waals surface area (Å²) in [5.41, 5.74) is 0. The first-order valence-electron chi connectivity index (χ1n) is 7.34. The van der Waals surface area contributed by atoms with Crippen LogP contribution in [0.2, 0.25) is 15.1 Å². The highest BCUT2D eigenvalue weighted by atomic mass is 35.5. The molecule has 4 nitrogen and oxygen atoms in total. The maximum Gasteiger partial charge on any atom is 0.311 e. The zero-order valence-electron chi connectivity index (χ0n) is 13.3. The van der Waals surface area contributed by atoms with E-state index in [2.05, 4.69) is 11.8 Å². The van der Waals surface area contributed by atoms with Crippen molar-refractivity contribution in [2.24, 2.45) is 0 Å². The van der Waals surface area contributed by atoms with Gasteiger partial charge in [-0.25, -0.2) is 0 Å². The van der Waals surface area contributed by atoms with Crippen molar-refractivity contribution >= 4 is 46.7 Å². The van der Waals surface area contributed by atoms with Gasteiger partial charge in [0.05, 0.1) is 5.02 Å². The van der Waals surface area contributed by atoms with E-state index in [0.717, 1.165) is 0 Å². The van der Waals surface area contributed by atoms with Gasteiger partial charge in [0.2, 0.25) is 0 Å². The van der Waals surface area contributed by atoms with Crippen LogP contribution in [0.1, 0.15) is 39.5 Å². The molecule has 0 spiro atoms. The van der Waals surface area contributed by atoms with Gasteiger partial charge in [-0.3, -0.25) is 9.59 Å². The lowest BCUT2D eigenvalue weighted by Crippen LogP contribution is -2.16. The average Bonchev–Trinajstić information content (AvgIpc) is 2.51. The minimum Gasteiger partial charge on any atom is -0.449 e. The Morgan fingerprint density at radius 1 is 1.17 bits per heavy atom. The molecular weight excluding hydrogens is 375 g/mol. The monoisotopic (exact) mass is 390 g/mol. The Bertz CT molecular complexity index is 662. The highest BCUT2D eigenvalue weighted by molar-refractivity contribution is 6.44. The Morgan fingerprint density at radius 2 is 1.83 bits per heavy atom. The van der Waals surface area contributed by atoms with Gasteiger partial charge in [-0.15, -0.1) is 5.92 Å². The topological polar surface area (TPSA) is 52.6 Å². The zero-order valence-corrected chi connectivity index (χ0v) is 15.6. The van der Waals surface area contributed by atoms with Crippen molar-refractivity contribution in [1.82, 2.24) is 0 Å². The van der Waals surface area contributed by atoms with E-state index in [9.17, 15) is 9.59 Å². The highest BCUT2D eigenvalue weighted by Gasteiger charge is 2.14. The van der Waals surface area contributed by atoms with E-state index >= 15 is 0 Å². The van der Waals surface area contributed by atoms with Crippen molar-refractivity contribution in [3.05, 3.63) is 27.2 Å². The van der Waals surface area contributed by atoms with E-state index < -0.39 is 18.0 Å². The Morgan fingerprint density at radius 3 is 2.46 bits per heavy atom. The summed E-state index contributed by atoms with van der Waals surface area (Å²) >= 11 is 17.6. The Hall–Kier alpha value is -1.41. The smallest absolute Gasteiger partial charge is 0.311 e. The first-order valence-corrected chi connectivity index (χ1v) is 8.47. The van der Waals surface area contributed by atoms with Gasteiger partial charge in [0, 0.05) is 23.9 Å². The van der Waals surface area contributed by atoms with Gasteiger partial charge in [-0.2, -0.15) is 0 Å². The van der Waals surface area contributed by atoms with Gasteiger partial charge in [-0.05, 0) is 25.8 Å². The summed E-state index contributed by atoms with van der Waals surface area (Å²) < 4.78 is 10.3. The minimum absolute atomic E-state index is 0.0335. The summed E-state index contributed by atoms with van der Waals surface area (Å²) in [5.74, 6) is 4.64. The van der Waals surface area contributed by atoms with Crippen LogP contribution >= 0.6 is 34.8 Å². The molecule has 0 bridgehead atoms. The SMILES string of the molecule is CC#CC(CC)OC(=O)CCCC(=O)Oc1cc(Cl)cc(Cl)c1Cl. The molecule has 1 atom stereocenters. The van der Waals surface area contributed by atoms with Crippen LogP contribution in [-0.4, -0.2) is 18.0 Å². The fourth-order valence-electron chi connectivity index (χ4n) is 1.75. The molecule has 1 rings (SSSR count). The summed E-state index contributed by atoms with van der Waals surface area (Å²) in [7, 11) is 0. The molecule has 0 saturated carbocycles. The normalized spacial score (nSPS) is 11.2. The van der Waals surface area contributed by atoms with Crippen molar-refractivity contribution in [3.8, 4) is 17.6 Å². The lowest BCUT2D eigenvalue weighted by atomic mass is 10.2. The molecule has 0 fully saturated rings. The first kappa shape index (κ1) is 20.6. The lowest BCUT2D eigenvalue weighted by molar-refractivity contribution is -0.146. The molecule has 0 heterocycles. The van der Waals surface area contributed by atoms with E-state index in [1.807, 2.05) is 6.92 Å². The fourth-order valence-corrected chi connectivity index (χ4v) is 2.37. The van der Waals surface area contributed by atoms with Crippen molar-refractivity contribution in [3.63, 3.8) is 0 Å². The third-order valence-corrected chi connectivity index (χ3v) is 3.90. The molecule has 24 heavy (non-hydrogen) atoms. The highest BCUT2D eigenvalue weighted by Crippen LogP contribution is 2.35. The van der Waals surface area contributed by atoms with E-state index in [1.54, 1.807) is 6.92 Å². The van der Waals surface area contributed by atoms with Crippen molar-refractivity contribution in [2.75, 3.05) is 0 Å². The van der Waals surface area contributed by atoms with Crippen molar-refractivity contribution < 1.29 is 19.1 Å². The molecule has 0 amide bonds. The summed E-state index contributed by atoms with van der Waals surface area (Å²) in [4.78, 5) is 23.5. The molecule has 1 unspecified atom stereocenters. The van der Waals surface area contributed by atoms with Crippen LogP contribution in [-0.2, 0) is 14.3 Å². The molecule has 130 valence electrons. The number of benzene rings is 1. The van der Waals surface area contributed by atoms with E-state index in [0.29, 0.717) is 17.9 Å². The molecule has 0 aliphatic heterocycles. The number of carbonyl (C=O) groups excluding carboxylic acids is 2. The molecule has 1 aromatic carbocycles. The molecule has 1 aromatic rings. The van der Waals surface area contributed by atoms with E-state index in [1.165, 1.54) is 12.1 Å². The maximum absolute atomic E-state index is 11.8. The zero-order chi connectivity index (χ0) is 18.1. The molecule has 0 aliphatic carbocycles. The summed E-state index contributed by atoms with van der Waals surface area (Å²) in [6.45, 7) is 3.55. The molecule has 0 aliphatic rings. The number of carbonyl (C=O) groups is 2. The molecule has 0 radical (unpaired) electrons. The fraction of sp³-hybridized carbons (Fsp3) is 0.412. The van der Waals surface area contributed by atoms with Crippen molar-refractivity contribution in [1.29, 1.82) is 0 Å². The number of hydrogen-bond acceptors (Lipinski definition) is 4. The number of halogens is 3. The maximum atomic E-state index is 11.8. The van der Waals surface area contributed by atoms with Crippen LogP contribution in [0, 0.1) is 11.8 Å². The molecule has 7 heteroatoms. The number of esters is 2. The van der Waals surface area contributed by atoms with Crippen LogP contribution in [0.3, 0.4) is 0 Å². The van der Waals surface area contributed by atoms with Crippen LogP contribution in [0.4, 0.5) is 0 Å². The molecule has 0 aromatic heterocycles. The molecule has 0 saturated heterocycles. The number of hydrogen-bond donors (Lipinski definition) is 0. The largest absolute Gasteiger partial charge is 0.449 e. The lowest BCUT2D eigenvalue weighted by Gasteiger charge is -2.10. The van der Waals surface area contributed by atoms with Gasteiger partial charge in [0.15, 0.2) is 11.9 Å². The Balaban J connectivity index is 2.44. The van der Waals surface area contributed by atoms with Crippen LogP contribution in [0.5, 0.6) is 5.75 Å². The third kappa shape index (κ3) is 7.00. The molecule has 0 N–H and O–H groups in total. The first-order chi connectivity index (χ1) is 11.4. The van der Waals surface area contributed by atoms with Gasteiger partial charge < -0.3 is 9.47 Å². The quantitative estimate of drug-likeness (QED) is 0.282. The second kappa shape index (κ2) is 10.5. The van der Waals surface area contributed by atoms with E-state index in [-0.39, 0.29) is 28.6 Å². The second-order valence-corrected chi connectivity index (χ2v) is 6.03. The summed E-state index contributed by atoms with van der Waals surface area (Å²) in [6.07, 6.45) is 0.622. The Labute approximate surface area is 156 Å². The minimum atomic E-state index is -0.538. The predicted octanol–water partition coefficient (Wildman–Crippen LogP) is 5.07. The third-order valence-electron chi connectivity index (χ3n) is 2.90. The second-order valence-electron chi connectivity index (χ2n) is 4.81. The van der Waals surface area contributed by atoms with Crippen LogP contribution in [0.25, 0.3) is 0 Å². The van der Waals surface area contributed by atoms with Gasteiger partial charge in [0.1, 0.15) is 5.02 Å². The number of ether oxygens (including phenoxy) is 2. The number of rotatable bonds is 7. The average molecular weight is 392 g/mol. The predicted molar refractivity (Wildman–Crippen MR) is 94.6 cm³/mol. The van der Waals surface area contributed by atoms with Crippen LogP contribution in [0.15, 0.2) is 12.1 Å². The van der Waals surface area contributed by atoms with Crippen molar-refractivity contribution in [2.45, 2.75) is 45.6 Å². The van der Waals surface area contributed by atoms with E-state index in [4.69, 9.17) is 44.3 Å².